The van der Waals surface area contributed by atoms with Crippen molar-refractivity contribution in [2.45, 2.75) is 13.8 Å². The summed E-state index contributed by atoms with van der Waals surface area (Å²) in [7, 11) is 2.14. The highest BCUT2D eigenvalue weighted by Gasteiger charge is 2.19. The third-order valence-corrected chi connectivity index (χ3v) is 5.24. The molecule has 1 aliphatic heterocycles. The molecule has 0 saturated carbocycles. The van der Waals surface area contributed by atoms with E-state index >= 15 is 0 Å². The van der Waals surface area contributed by atoms with Crippen LogP contribution in [0.1, 0.15) is 18.2 Å². The predicted octanol–water partition coefficient (Wildman–Crippen LogP) is 3.95. The molecule has 2 heterocycles. The lowest BCUT2D eigenvalue weighted by Crippen LogP contribution is -2.41. The summed E-state index contributed by atoms with van der Waals surface area (Å²) in [6.45, 7) is 8.42. The maximum Gasteiger partial charge on any atom is 0.231 e. The molecular weight excluding hydrogens is 390 g/mol. The van der Waals surface area contributed by atoms with Crippen LogP contribution in [0.2, 0.25) is 0 Å². The number of hydrogen-bond acceptors (Lipinski definition) is 6. The molecule has 1 aliphatic rings. The van der Waals surface area contributed by atoms with Gasteiger partial charge in [0.05, 0.1) is 29.8 Å². The summed E-state index contributed by atoms with van der Waals surface area (Å²) in [5, 5.41) is 11.6. The second-order valence-corrected chi connectivity index (χ2v) is 7.56. The van der Waals surface area contributed by atoms with Crippen LogP contribution in [0.15, 0.2) is 59.7 Å². The third-order valence-electron chi connectivity index (χ3n) is 5.24. The van der Waals surface area contributed by atoms with Crippen molar-refractivity contribution in [3.63, 3.8) is 0 Å². The molecule has 2 aromatic carbocycles. The van der Waals surface area contributed by atoms with Crippen LogP contribution in [0.4, 0.5) is 0 Å². The number of piperazine rings is 1. The van der Waals surface area contributed by atoms with E-state index in [1.807, 2.05) is 79.3 Å². The Kier molecular flexibility index (Phi) is 6.52. The van der Waals surface area contributed by atoms with Crippen molar-refractivity contribution in [3.8, 4) is 23.1 Å². The molecule has 0 spiro atoms. The Morgan fingerprint density at radius 3 is 2.32 bits per heavy atom. The van der Waals surface area contributed by atoms with Gasteiger partial charge in [0.1, 0.15) is 11.5 Å². The largest absolute Gasteiger partial charge is 0.494 e. The Labute approximate surface area is 183 Å². The molecule has 0 radical (unpaired) electrons. The van der Waals surface area contributed by atoms with Crippen LogP contribution < -0.4 is 9.47 Å². The Hall–Kier alpha value is -3.32. The zero-order chi connectivity index (χ0) is 21.6. The first-order valence-corrected chi connectivity index (χ1v) is 10.7. The second-order valence-electron chi connectivity index (χ2n) is 7.56. The molecule has 0 aliphatic carbocycles. The van der Waals surface area contributed by atoms with E-state index in [0.29, 0.717) is 12.5 Å². The number of benzene rings is 2. The van der Waals surface area contributed by atoms with Gasteiger partial charge in [-0.2, -0.15) is 14.9 Å². The van der Waals surface area contributed by atoms with E-state index in [9.17, 15) is 0 Å². The molecule has 7 heteroatoms. The van der Waals surface area contributed by atoms with Gasteiger partial charge in [0.15, 0.2) is 0 Å². The average Bonchev–Trinajstić information content (AvgIpc) is 3.10. The average molecular weight is 420 g/mol. The summed E-state index contributed by atoms with van der Waals surface area (Å²) >= 11 is 0. The van der Waals surface area contributed by atoms with Gasteiger partial charge in [0.2, 0.25) is 5.88 Å². The van der Waals surface area contributed by atoms with E-state index in [4.69, 9.17) is 19.7 Å². The number of aromatic nitrogens is 2. The van der Waals surface area contributed by atoms with Gasteiger partial charge < -0.3 is 14.4 Å². The van der Waals surface area contributed by atoms with Crippen molar-refractivity contribution < 1.29 is 9.47 Å². The fourth-order valence-electron chi connectivity index (χ4n) is 3.44. The third kappa shape index (κ3) is 5.06. The summed E-state index contributed by atoms with van der Waals surface area (Å²) < 4.78 is 13.7. The molecule has 0 atom stereocenters. The van der Waals surface area contributed by atoms with E-state index in [-0.39, 0.29) is 0 Å². The number of ether oxygens (including phenoxy) is 2. The van der Waals surface area contributed by atoms with E-state index < -0.39 is 0 Å². The van der Waals surface area contributed by atoms with Crippen LogP contribution in [0.3, 0.4) is 0 Å². The molecule has 1 aromatic heterocycles. The fourth-order valence-corrected chi connectivity index (χ4v) is 3.44. The predicted molar refractivity (Wildman–Crippen MR) is 123 cm³/mol. The quantitative estimate of drug-likeness (QED) is 0.543. The molecule has 0 unspecified atom stereocenters. The second kappa shape index (κ2) is 9.66. The van der Waals surface area contributed by atoms with Crippen LogP contribution in [0.25, 0.3) is 5.69 Å². The van der Waals surface area contributed by atoms with Gasteiger partial charge in [0.25, 0.3) is 0 Å². The molecule has 0 bridgehead atoms. The minimum Gasteiger partial charge on any atom is -0.494 e. The Bertz CT molecular complexity index is 1010. The number of para-hydroxylation sites is 1. The molecule has 4 rings (SSSR count). The van der Waals surface area contributed by atoms with E-state index in [1.54, 1.807) is 0 Å². The topological polar surface area (TPSA) is 55.1 Å². The first-order chi connectivity index (χ1) is 15.1. The number of likely N-dealkylation sites (N-methyl/N-ethyl adjacent to an activating group) is 1. The standard InChI is InChI=1S/C24H29N5O2/c1-4-30-21-10-12-22(13-11-21)31-24-23(18-25-28-16-14-27(3)15-17-28)19(2)26-29(24)20-8-6-5-7-9-20/h5-13,18H,4,14-17H2,1-3H3/b25-18-. The molecular formula is C24H29N5O2. The lowest BCUT2D eigenvalue weighted by atomic mass is 10.2. The maximum atomic E-state index is 6.33. The number of hydrazone groups is 1. The fraction of sp³-hybridized carbons (Fsp3) is 0.333. The summed E-state index contributed by atoms with van der Waals surface area (Å²) in [5.41, 5.74) is 2.67. The minimum atomic E-state index is 0.632. The Morgan fingerprint density at radius 1 is 0.968 bits per heavy atom. The number of nitrogens with zero attached hydrogens (tertiary/aromatic N) is 5. The SMILES string of the molecule is CCOc1ccc(Oc2c(/C=N\N3CCN(C)CC3)c(C)nn2-c2ccccc2)cc1. The van der Waals surface area contributed by atoms with Crippen LogP contribution in [0, 0.1) is 6.92 Å². The molecule has 1 saturated heterocycles. The zero-order valence-corrected chi connectivity index (χ0v) is 18.4. The van der Waals surface area contributed by atoms with Gasteiger partial charge in [-0.3, -0.25) is 5.01 Å². The first-order valence-electron chi connectivity index (χ1n) is 10.7. The lowest BCUT2D eigenvalue weighted by molar-refractivity contribution is 0.159. The molecule has 31 heavy (non-hydrogen) atoms. The molecule has 162 valence electrons. The van der Waals surface area contributed by atoms with Gasteiger partial charge >= 0.3 is 0 Å². The molecule has 1 fully saturated rings. The van der Waals surface area contributed by atoms with Crippen molar-refractivity contribution in [1.82, 2.24) is 19.7 Å². The summed E-state index contributed by atoms with van der Waals surface area (Å²) in [6, 6.07) is 17.6. The Balaban J connectivity index is 1.66. The summed E-state index contributed by atoms with van der Waals surface area (Å²) in [6.07, 6.45) is 1.87. The van der Waals surface area contributed by atoms with Gasteiger partial charge in [-0.25, -0.2) is 0 Å². The summed E-state index contributed by atoms with van der Waals surface area (Å²) in [4.78, 5) is 2.31. The van der Waals surface area contributed by atoms with Gasteiger partial charge in [-0.05, 0) is 57.3 Å². The first kappa shape index (κ1) is 20.9. The lowest BCUT2D eigenvalue weighted by Gasteiger charge is -2.30. The highest BCUT2D eigenvalue weighted by molar-refractivity contribution is 5.84. The molecule has 0 amide bonds. The highest BCUT2D eigenvalue weighted by atomic mass is 16.5. The van der Waals surface area contributed by atoms with Crippen molar-refractivity contribution in [1.29, 1.82) is 0 Å². The molecule has 0 N–H and O–H groups in total. The van der Waals surface area contributed by atoms with Crippen LogP contribution in [-0.4, -0.2) is 65.7 Å². The highest BCUT2D eigenvalue weighted by Crippen LogP contribution is 2.30. The molecule has 3 aromatic rings. The van der Waals surface area contributed by atoms with Gasteiger partial charge in [0, 0.05) is 26.2 Å². The van der Waals surface area contributed by atoms with Crippen molar-refractivity contribution in [2.75, 3.05) is 39.8 Å². The van der Waals surface area contributed by atoms with Crippen LogP contribution in [-0.2, 0) is 0 Å². The van der Waals surface area contributed by atoms with Crippen molar-refractivity contribution in [3.05, 3.63) is 65.9 Å². The number of hydrogen-bond donors (Lipinski definition) is 0. The summed E-state index contributed by atoms with van der Waals surface area (Å²) in [5.74, 6) is 2.18. The Morgan fingerprint density at radius 2 is 1.65 bits per heavy atom. The van der Waals surface area contributed by atoms with Crippen LogP contribution in [0.5, 0.6) is 17.4 Å². The minimum absolute atomic E-state index is 0.632. The number of rotatable bonds is 7. The van der Waals surface area contributed by atoms with Gasteiger partial charge in [-0.15, -0.1) is 0 Å². The van der Waals surface area contributed by atoms with E-state index in [0.717, 1.165) is 54.6 Å². The number of aryl methyl sites for hydroxylation is 1. The zero-order valence-electron chi connectivity index (χ0n) is 18.4. The van der Waals surface area contributed by atoms with E-state index in [1.165, 1.54) is 0 Å². The van der Waals surface area contributed by atoms with Crippen molar-refractivity contribution in [2.24, 2.45) is 5.10 Å². The van der Waals surface area contributed by atoms with Crippen molar-refractivity contribution >= 4 is 6.21 Å². The van der Waals surface area contributed by atoms with Gasteiger partial charge in [-0.1, -0.05) is 18.2 Å². The molecule has 7 nitrogen and oxygen atoms in total. The van der Waals surface area contributed by atoms with E-state index in [2.05, 4.69) is 17.0 Å². The maximum absolute atomic E-state index is 6.33. The normalized spacial score (nSPS) is 14.9. The monoisotopic (exact) mass is 419 g/mol. The van der Waals surface area contributed by atoms with Crippen LogP contribution >= 0.6 is 0 Å². The smallest absolute Gasteiger partial charge is 0.231 e.